The number of halogens is 1. The van der Waals surface area contributed by atoms with Crippen molar-refractivity contribution >= 4 is 27.3 Å². The quantitative estimate of drug-likeness (QED) is 0.939. The number of rotatable bonds is 3. The minimum absolute atomic E-state index is 0.454. The minimum atomic E-state index is -0.454. The Morgan fingerprint density at radius 3 is 2.87 bits per heavy atom. The lowest BCUT2D eigenvalue weighted by molar-refractivity contribution is 0.177. The van der Waals surface area contributed by atoms with Gasteiger partial charge in [-0.25, -0.2) is 0 Å². The van der Waals surface area contributed by atoms with Crippen LogP contribution in [0.2, 0.25) is 0 Å². The first-order valence-electron chi connectivity index (χ1n) is 4.56. The van der Waals surface area contributed by atoms with Gasteiger partial charge in [0.1, 0.15) is 0 Å². The monoisotopic (exact) mass is 283 g/mol. The Morgan fingerprint density at radius 2 is 2.27 bits per heavy atom. The lowest BCUT2D eigenvalue weighted by Gasteiger charge is -2.07. The van der Waals surface area contributed by atoms with E-state index in [2.05, 4.69) is 20.9 Å². The molecule has 0 radical (unpaired) electrons. The normalized spacial score (nSPS) is 12.7. The first-order valence-corrected chi connectivity index (χ1v) is 6.30. The van der Waals surface area contributed by atoms with E-state index in [0.717, 1.165) is 15.7 Å². The van der Waals surface area contributed by atoms with E-state index in [-0.39, 0.29) is 0 Å². The molecular formula is C11H10BrNOS. The van der Waals surface area contributed by atoms with Crippen LogP contribution in [0.3, 0.4) is 0 Å². The van der Waals surface area contributed by atoms with Crippen LogP contribution in [-0.2, 0) is 6.42 Å². The lowest BCUT2D eigenvalue weighted by atomic mass is 10.1. The Labute approximate surface area is 101 Å². The Bertz CT molecular complexity index is 413. The van der Waals surface area contributed by atoms with Crippen molar-refractivity contribution in [3.63, 3.8) is 0 Å². The third kappa shape index (κ3) is 2.87. The molecule has 2 heterocycles. The highest BCUT2D eigenvalue weighted by atomic mass is 79.9. The molecule has 0 saturated heterocycles. The Balaban J connectivity index is 2.06. The van der Waals surface area contributed by atoms with Crippen LogP contribution in [0.4, 0.5) is 0 Å². The summed E-state index contributed by atoms with van der Waals surface area (Å²) in [6.07, 6.45) is 1.85. The molecule has 0 aliphatic heterocycles. The third-order valence-corrected chi connectivity index (χ3v) is 3.29. The highest BCUT2D eigenvalue weighted by molar-refractivity contribution is 9.10. The predicted molar refractivity (Wildman–Crippen MR) is 64.9 cm³/mol. The summed E-state index contributed by atoms with van der Waals surface area (Å²) in [4.78, 5) is 4.22. The van der Waals surface area contributed by atoms with Crippen LogP contribution in [0.1, 0.15) is 17.4 Å². The molecule has 0 spiro atoms. The molecule has 2 nitrogen and oxygen atoms in total. The molecule has 4 heteroatoms. The highest BCUT2D eigenvalue weighted by Crippen LogP contribution is 2.20. The number of hydrogen-bond acceptors (Lipinski definition) is 3. The second kappa shape index (κ2) is 4.88. The number of nitrogens with zero attached hydrogens (tertiary/aromatic N) is 1. The summed E-state index contributed by atoms with van der Waals surface area (Å²) >= 11 is 4.92. The Kier molecular flexibility index (Phi) is 3.51. The van der Waals surface area contributed by atoms with Crippen LogP contribution in [0.5, 0.6) is 0 Å². The molecular weight excluding hydrogens is 274 g/mol. The average Bonchev–Trinajstić information content (AvgIpc) is 2.74. The lowest BCUT2D eigenvalue weighted by Crippen LogP contribution is -2.01. The first kappa shape index (κ1) is 10.8. The maximum atomic E-state index is 9.89. The molecule has 2 aromatic rings. The van der Waals surface area contributed by atoms with Gasteiger partial charge in [0.25, 0.3) is 0 Å². The van der Waals surface area contributed by atoms with Crippen molar-refractivity contribution in [1.82, 2.24) is 4.98 Å². The van der Waals surface area contributed by atoms with Gasteiger partial charge < -0.3 is 5.11 Å². The van der Waals surface area contributed by atoms with Crippen molar-refractivity contribution in [2.24, 2.45) is 0 Å². The molecule has 0 bridgehead atoms. The summed E-state index contributed by atoms with van der Waals surface area (Å²) in [5.41, 5.74) is 1.86. The number of hydrogen-bond donors (Lipinski definition) is 1. The zero-order valence-electron chi connectivity index (χ0n) is 7.93. The van der Waals surface area contributed by atoms with Crippen molar-refractivity contribution in [1.29, 1.82) is 0 Å². The molecule has 0 aromatic carbocycles. The van der Waals surface area contributed by atoms with Crippen molar-refractivity contribution < 1.29 is 5.11 Å². The van der Waals surface area contributed by atoms with Crippen molar-refractivity contribution in [2.45, 2.75) is 12.5 Å². The van der Waals surface area contributed by atoms with Crippen molar-refractivity contribution in [3.8, 4) is 0 Å². The summed E-state index contributed by atoms with van der Waals surface area (Å²) in [7, 11) is 0. The molecule has 1 atom stereocenters. The SMILES string of the molecule is OC(Cc1ccc(Br)cn1)c1ccsc1. The minimum Gasteiger partial charge on any atom is -0.388 e. The van der Waals surface area contributed by atoms with Gasteiger partial charge in [-0.1, -0.05) is 0 Å². The largest absolute Gasteiger partial charge is 0.388 e. The van der Waals surface area contributed by atoms with E-state index < -0.39 is 6.10 Å². The van der Waals surface area contributed by atoms with E-state index in [0.29, 0.717) is 6.42 Å². The van der Waals surface area contributed by atoms with Gasteiger partial charge in [-0.3, -0.25) is 4.98 Å². The number of aliphatic hydroxyl groups is 1. The van der Waals surface area contributed by atoms with Gasteiger partial charge in [-0.15, -0.1) is 0 Å². The van der Waals surface area contributed by atoms with E-state index >= 15 is 0 Å². The molecule has 15 heavy (non-hydrogen) atoms. The van der Waals surface area contributed by atoms with Gasteiger partial charge in [-0.05, 0) is 50.5 Å². The van der Waals surface area contributed by atoms with Gasteiger partial charge in [0.2, 0.25) is 0 Å². The summed E-state index contributed by atoms with van der Waals surface area (Å²) in [6.45, 7) is 0. The number of pyridine rings is 1. The van der Waals surface area contributed by atoms with E-state index in [1.165, 1.54) is 0 Å². The van der Waals surface area contributed by atoms with E-state index in [9.17, 15) is 5.11 Å². The fourth-order valence-corrected chi connectivity index (χ4v) is 2.25. The molecule has 2 rings (SSSR count). The Morgan fingerprint density at radius 1 is 1.40 bits per heavy atom. The average molecular weight is 284 g/mol. The molecule has 78 valence electrons. The van der Waals surface area contributed by atoms with Gasteiger partial charge >= 0.3 is 0 Å². The number of aliphatic hydroxyl groups excluding tert-OH is 1. The summed E-state index contributed by atoms with van der Waals surface area (Å²) < 4.78 is 0.955. The van der Waals surface area contributed by atoms with Crippen molar-refractivity contribution in [2.75, 3.05) is 0 Å². The molecule has 0 amide bonds. The van der Waals surface area contributed by atoms with Crippen LogP contribution in [-0.4, -0.2) is 10.1 Å². The van der Waals surface area contributed by atoms with Crippen molar-refractivity contribution in [3.05, 3.63) is 50.9 Å². The maximum absolute atomic E-state index is 9.89. The molecule has 1 unspecified atom stereocenters. The molecule has 0 aliphatic rings. The van der Waals surface area contributed by atoms with Crippen LogP contribution in [0, 0.1) is 0 Å². The Hall–Kier alpha value is -0.710. The second-order valence-electron chi connectivity index (χ2n) is 3.24. The standard InChI is InChI=1S/C11H10BrNOS/c12-9-1-2-10(13-6-9)5-11(14)8-3-4-15-7-8/h1-4,6-7,11,14H,5H2. The summed E-state index contributed by atoms with van der Waals surface area (Å²) in [6, 6.07) is 5.79. The fourth-order valence-electron chi connectivity index (χ4n) is 1.31. The number of aromatic nitrogens is 1. The molecule has 0 saturated carbocycles. The topological polar surface area (TPSA) is 33.1 Å². The second-order valence-corrected chi connectivity index (χ2v) is 4.94. The van der Waals surface area contributed by atoms with E-state index in [1.807, 2.05) is 29.0 Å². The third-order valence-electron chi connectivity index (χ3n) is 2.12. The van der Waals surface area contributed by atoms with Crippen LogP contribution in [0.15, 0.2) is 39.6 Å². The molecule has 0 fully saturated rings. The zero-order valence-corrected chi connectivity index (χ0v) is 10.3. The molecule has 2 aromatic heterocycles. The maximum Gasteiger partial charge on any atom is 0.0853 e. The van der Waals surface area contributed by atoms with Crippen LogP contribution in [0.25, 0.3) is 0 Å². The van der Waals surface area contributed by atoms with E-state index in [1.54, 1.807) is 17.5 Å². The van der Waals surface area contributed by atoms with Gasteiger partial charge in [-0.2, -0.15) is 11.3 Å². The van der Waals surface area contributed by atoms with Crippen LogP contribution >= 0.6 is 27.3 Å². The molecule has 0 aliphatic carbocycles. The smallest absolute Gasteiger partial charge is 0.0853 e. The van der Waals surface area contributed by atoms with Crippen LogP contribution < -0.4 is 0 Å². The zero-order chi connectivity index (χ0) is 10.7. The first-order chi connectivity index (χ1) is 7.25. The molecule has 1 N–H and O–H groups in total. The predicted octanol–water partition coefficient (Wildman–Crippen LogP) is 3.18. The summed E-state index contributed by atoms with van der Waals surface area (Å²) in [5, 5.41) is 13.8. The highest BCUT2D eigenvalue weighted by Gasteiger charge is 2.09. The van der Waals surface area contributed by atoms with Gasteiger partial charge in [0, 0.05) is 22.8 Å². The van der Waals surface area contributed by atoms with Gasteiger partial charge in [0.05, 0.1) is 6.10 Å². The summed E-state index contributed by atoms with van der Waals surface area (Å²) in [5.74, 6) is 0. The fraction of sp³-hybridized carbons (Fsp3) is 0.182. The number of thiophene rings is 1. The van der Waals surface area contributed by atoms with E-state index in [4.69, 9.17) is 0 Å². The van der Waals surface area contributed by atoms with Gasteiger partial charge in [0.15, 0.2) is 0 Å².